The van der Waals surface area contributed by atoms with Gasteiger partial charge < -0.3 is 4.57 Å². The molecule has 0 atom stereocenters. The van der Waals surface area contributed by atoms with Crippen LogP contribution in [0.15, 0.2) is 17.8 Å². The molecule has 1 aliphatic rings. The Hall–Kier alpha value is -1.24. The molecule has 22 heavy (non-hydrogen) atoms. The highest BCUT2D eigenvalue weighted by atomic mass is 32.1. The third kappa shape index (κ3) is 3.56. The Morgan fingerprint density at radius 2 is 2.14 bits per heavy atom. The van der Waals surface area contributed by atoms with Crippen LogP contribution in [0.1, 0.15) is 30.4 Å². The number of imidazole rings is 1. The maximum Gasteiger partial charge on any atom is 0.110 e. The first-order valence-corrected chi connectivity index (χ1v) is 8.85. The molecule has 5 nitrogen and oxygen atoms in total. The van der Waals surface area contributed by atoms with Crippen molar-refractivity contribution in [2.45, 2.75) is 45.9 Å². The molecule has 0 aromatic carbocycles. The zero-order valence-corrected chi connectivity index (χ0v) is 14.5. The fourth-order valence-corrected chi connectivity index (χ4v) is 3.44. The summed E-state index contributed by atoms with van der Waals surface area (Å²) in [6.45, 7) is 9.56. The molecule has 3 rings (SSSR count). The average Bonchev–Trinajstić information content (AvgIpc) is 3.07. The van der Waals surface area contributed by atoms with Gasteiger partial charge in [0.05, 0.1) is 12.2 Å². The van der Waals surface area contributed by atoms with Crippen LogP contribution in [0.2, 0.25) is 0 Å². The Labute approximate surface area is 136 Å². The third-order valence-corrected chi connectivity index (χ3v) is 5.21. The summed E-state index contributed by atoms with van der Waals surface area (Å²) in [5.74, 6) is 1.23. The molecular weight excluding hydrogens is 294 g/mol. The lowest BCUT2D eigenvalue weighted by molar-refractivity contribution is 0.252. The molecule has 0 saturated heterocycles. The van der Waals surface area contributed by atoms with E-state index in [4.69, 9.17) is 0 Å². The molecule has 2 aromatic heterocycles. The van der Waals surface area contributed by atoms with E-state index in [2.05, 4.69) is 56.8 Å². The Bertz CT molecular complexity index is 590. The minimum atomic E-state index is 0.554. The molecule has 0 radical (unpaired) electrons. The average molecular weight is 319 g/mol. The zero-order chi connectivity index (χ0) is 15.5. The summed E-state index contributed by atoms with van der Waals surface area (Å²) in [6.07, 6.45) is 4.98. The SMILES string of the molecule is CC(C)N(C)Cc1cnc2n1CCN(Cc1nccs1)CC2. The van der Waals surface area contributed by atoms with Crippen molar-refractivity contribution in [3.8, 4) is 0 Å². The van der Waals surface area contributed by atoms with Crippen LogP contribution in [0.25, 0.3) is 0 Å². The number of hydrogen-bond acceptors (Lipinski definition) is 5. The van der Waals surface area contributed by atoms with Gasteiger partial charge in [0.25, 0.3) is 0 Å². The lowest BCUT2D eigenvalue weighted by Crippen LogP contribution is -2.28. The van der Waals surface area contributed by atoms with Gasteiger partial charge >= 0.3 is 0 Å². The zero-order valence-electron chi connectivity index (χ0n) is 13.7. The van der Waals surface area contributed by atoms with Crippen LogP contribution < -0.4 is 0 Å². The Morgan fingerprint density at radius 1 is 1.27 bits per heavy atom. The summed E-state index contributed by atoms with van der Waals surface area (Å²) in [5, 5.41) is 3.26. The number of nitrogens with zero attached hydrogens (tertiary/aromatic N) is 5. The van der Waals surface area contributed by atoms with Gasteiger partial charge in [-0.05, 0) is 20.9 Å². The number of rotatable bonds is 5. The van der Waals surface area contributed by atoms with E-state index in [1.807, 2.05) is 6.20 Å². The highest BCUT2D eigenvalue weighted by Crippen LogP contribution is 2.16. The summed E-state index contributed by atoms with van der Waals surface area (Å²) in [5.41, 5.74) is 1.34. The van der Waals surface area contributed by atoms with Crippen molar-refractivity contribution in [3.63, 3.8) is 0 Å². The molecule has 0 saturated carbocycles. The van der Waals surface area contributed by atoms with Crippen LogP contribution in [-0.2, 0) is 26.1 Å². The normalized spacial score (nSPS) is 16.2. The summed E-state index contributed by atoms with van der Waals surface area (Å²) >= 11 is 1.74. The molecular formula is C16H25N5S. The minimum Gasteiger partial charge on any atom is -0.329 e. The standard InChI is InChI=1S/C16H25N5S/c1-13(2)19(3)11-14-10-18-15-4-6-20(7-8-21(14)15)12-16-17-5-9-22-16/h5,9-10,13H,4,6-8,11-12H2,1-3H3. The Balaban J connectivity index is 1.65. The monoisotopic (exact) mass is 319 g/mol. The molecule has 0 spiro atoms. The lowest BCUT2D eigenvalue weighted by atomic mass is 10.3. The smallest absolute Gasteiger partial charge is 0.110 e. The fourth-order valence-electron chi connectivity index (χ4n) is 2.78. The van der Waals surface area contributed by atoms with E-state index in [9.17, 15) is 0 Å². The second-order valence-corrected chi connectivity index (χ2v) is 7.26. The van der Waals surface area contributed by atoms with Gasteiger partial charge in [0.15, 0.2) is 0 Å². The molecule has 1 aliphatic heterocycles. The van der Waals surface area contributed by atoms with E-state index in [0.717, 1.165) is 39.1 Å². The minimum absolute atomic E-state index is 0.554. The first-order chi connectivity index (χ1) is 10.6. The van der Waals surface area contributed by atoms with E-state index in [-0.39, 0.29) is 0 Å². The van der Waals surface area contributed by atoms with Crippen molar-refractivity contribution in [1.82, 2.24) is 24.3 Å². The van der Waals surface area contributed by atoms with Crippen LogP contribution in [0.3, 0.4) is 0 Å². The predicted molar refractivity (Wildman–Crippen MR) is 89.9 cm³/mol. The van der Waals surface area contributed by atoms with E-state index in [1.54, 1.807) is 11.3 Å². The number of fused-ring (bicyclic) bond motifs is 1. The Kier molecular flexibility index (Phi) is 4.90. The predicted octanol–water partition coefficient (Wildman–Crippen LogP) is 2.24. The van der Waals surface area contributed by atoms with Gasteiger partial charge in [0, 0.05) is 56.4 Å². The van der Waals surface area contributed by atoms with Crippen molar-refractivity contribution < 1.29 is 0 Å². The molecule has 0 fully saturated rings. The van der Waals surface area contributed by atoms with Gasteiger partial charge in [-0.3, -0.25) is 9.80 Å². The quantitative estimate of drug-likeness (QED) is 0.847. The van der Waals surface area contributed by atoms with Gasteiger partial charge in [-0.15, -0.1) is 11.3 Å². The summed E-state index contributed by atoms with van der Waals surface area (Å²) < 4.78 is 2.42. The van der Waals surface area contributed by atoms with Crippen LogP contribution in [-0.4, -0.2) is 50.5 Å². The Morgan fingerprint density at radius 3 is 2.86 bits per heavy atom. The van der Waals surface area contributed by atoms with Gasteiger partial charge in [0.1, 0.15) is 10.8 Å². The van der Waals surface area contributed by atoms with Crippen molar-refractivity contribution in [2.75, 3.05) is 20.1 Å². The first-order valence-electron chi connectivity index (χ1n) is 7.97. The van der Waals surface area contributed by atoms with E-state index in [1.165, 1.54) is 16.5 Å². The highest BCUT2D eigenvalue weighted by Gasteiger charge is 2.19. The second kappa shape index (κ2) is 6.89. The van der Waals surface area contributed by atoms with Crippen molar-refractivity contribution >= 4 is 11.3 Å². The van der Waals surface area contributed by atoms with E-state index < -0.39 is 0 Å². The third-order valence-electron chi connectivity index (χ3n) is 4.45. The van der Waals surface area contributed by atoms with Gasteiger partial charge in [-0.1, -0.05) is 0 Å². The fraction of sp³-hybridized carbons (Fsp3) is 0.625. The summed E-state index contributed by atoms with van der Waals surface area (Å²) in [6, 6.07) is 0.554. The van der Waals surface area contributed by atoms with Crippen LogP contribution >= 0.6 is 11.3 Å². The van der Waals surface area contributed by atoms with Crippen molar-refractivity contribution in [2.24, 2.45) is 0 Å². The molecule has 0 bridgehead atoms. The van der Waals surface area contributed by atoms with Crippen molar-refractivity contribution in [3.05, 3.63) is 34.3 Å². The molecule has 0 amide bonds. The lowest BCUT2D eigenvalue weighted by Gasteiger charge is -2.22. The molecule has 0 aliphatic carbocycles. The molecule has 6 heteroatoms. The summed E-state index contributed by atoms with van der Waals surface area (Å²) in [7, 11) is 2.18. The summed E-state index contributed by atoms with van der Waals surface area (Å²) in [4.78, 5) is 13.9. The number of hydrogen-bond donors (Lipinski definition) is 0. The topological polar surface area (TPSA) is 37.2 Å². The number of thiazole rings is 1. The highest BCUT2D eigenvalue weighted by molar-refractivity contribution is 7.09. The largest absolute Gasteiger partial charge is 0.329 e. The maximum atomic E-state index is 4.66. The van der Waals surface area contributed by atoms with Crippen LogP contribution in [0.4, 0.5) is 0 Å². The second-order valence-electron chi connectivity index (χ2n) is 6.28. The molecule has 0 unspecified atom stereocenters. The van der Waals surface area contributed by atoms with Crippen LogP contribution in [0.5, 0.6) is 0 Å². The molecule has 120 valence electrons. The maximum absolute atomic E-state index is 4.66. The van der Waals surface area contributed by atoms with Crippen LogP contribution in [0, 0.1) is 0 Å². The van der Waals surface area contributed by atoms with Gasteiger partial charge in [0.2, 0.25) is 0 Å². The van der Waals surface area contributed by atoms with E-state index in [0.29, 0.717) is 6.04 Å². The van der Waals surface area contributed by atoms with E-state index >= 15 is 0 Å². The molecule has 3 heterocycles. The number of aromatic nitrogens is 3. The van der Waals surface area contributed by atoms with Gasteiger partial charge in [-0.25, -0.2) is 9.97 Å². The molecule has 2 aromatic rings. The molecule has 0 N–H and O–H groups in total. The van der Waals surface area contributed by atoms with Gasteiger partial charge in [-0.2, -0.15) is 0 Å². The first kappa shape index (κ1) is 15.6. The van der Waals surface area contributed by atoms with Crippen molar-refractivity contribution in [1.29, 1.82) is 0 Å².